The van der Waals surface area contributed by atoms with Gasteiger partial charge in [-0.2, -0.15) is 24.5 Å². The molecule has 2 N–H and O–H groups in total. The van der Waals surface area contributed by atoms with Crippen LogP contribution >= 0.6 is 11.3 Å². The molecule has 0 saturated carbocycles. The molecule has 0 radical (unpaired) electrons. The number of thiophene rings is 1. The van der Waals surface area contributed by atoms with Crippen LogP contribution in [0.1, 0.15) is 11.1 Å². The Hall–Kier alpha value is -1.81. The third-order valence-electron chi connectivity index (χ3n) is 3.24. The maximum atomic E-state index is 13.5. The van der Waals surface area contributed by atoms with E-state index in [0.717, 1.165) is 0 Å². The molecule has 0 bridgehead atoms. The number of aliphatic hydroxyl groups excluding tert-OH is 1. The number of alkyl halides is 3. The van der Waals surface area contributed by atoms with Gasteiger partial charge in [-0.05, 0) is 17.0 Å². The molecule has 2 atom stereocenters. The summed E-state index contributed by atoms with van der Waals surface area (Å²) in [5.74, 6) is 3.23. The molecule has 1 aromatic carbocycles. The van der Waals surface area contributed by atoms with Crippen LogP contribution in [0.3, 0.4) is 0 Å². The third-order valence-corrected chi connectivity index (χ3v) is 3.93. The lowest BCUT2D eigenvalue weighted by atomic mass is 9.81. The Kier molecular flexibility index (Phi) is 4.91. The second kappa shape index (κ2) is 6.53. The highest BCUT2D eigenvalue weighted by Gasteiger charge is 2.59. The topological polar surface area (TPSA) is 40.5 Å². The van der Waals surface area contributed by atoms with Crippen molar-refractivity contribution in [3.8, 4) is 11.8 Å². The zero-order valence-corrected chi connectivity index (χ0v) is 12.2. The first-order valence-electron chi connectivity index (χ1n) is 6.39. The first-order valence-corrected chi connectivity index (χ1v) is 7.33. The molecule has 0 aliphatic carbocycles. The smallest absolute Gasteiger partial charge is 0.395 e. The average molecular weight is 326 g/mol. The maximum absolute atomic E-state index is 13.5. The summed E-state index contributed by atoms with van der Waals surface area (Å²) in [6.07, 6.45) is -4.97. The van der Waals surface area contributed by atoms with E-state index in [-0.39, 0.29) is 5.56 Å². The van der Waals surface area contributed by atoms with Crippen LogP contribution in [0.25, 0.3) is 0 Å². The molecule has 2 rings (SSSR count). The van der Waals surface area contributed by atoms with Gasteiger partial charge in [0.25, 0.3) is 0 Å². The lowest BCUT2D eigenvalue weighted by Crippen LogP contribution is -2.49. The Bertz CT molecular complexity index is 656. The van der Waals surface area contributed by atoms with Gasteiger partial charge in [-0.25, -0.2) is 0 Å². The number of aliphatic hydroxyl groups is 2. The van der Waals surface area contributed by atoms with Crippen LogP contribution in [-0.2, 0) is 5.60 Å². The van der Waals surface area contributed by atoms with E-state index in [1.165, 1.54) is 35.6 Å². The number of hydrogen-bond acceptors (Lipinski definition) is 3. The summed E-state index contributed by atoms with van der Waals surface area (Å²) < 4.78 is 40.4. The third kappa shape index (κ3) is 3.17. The fourth-order valence-electron chi connectivity index (χ4n) is 2.04. The van der Waals surface area contributed by atoms with E-state index in [2.05, 4.69) is 11.8 Å². The summed E-state index contributed by atoms with van der Waals surface area (Å²) in [6, 6.07) is 8.33. The average Bonchev–Trinajstić information content (AvgIpc) is 3.00. The SMILES string of the molecule is OC[C@H](C#Cc1ccsc1)[C@](O)(c1ccccc1)C(F)(F)F. The molecule has 0 unspecified atom stereocenters. The summed E-state index contributed by atoms with van der Waals surface area (Å²) >= 11 is 1.36. The largest absolute Gasteiger partial charge is 0.422 e. The molecule has 2 nitrogen and oxygen atoms in total. The van der Waals surface area contributed by atoms with Crippen molar-refractivity contribution in [1.82, 2.24) is 0 Å². The van der Waals surface area contributed by atoms with Gasteiger partial charge in [0.05, 0.1) is 12.5 Å². The minimum Gasteiger partial charge on any atom is -0.395 e. The quantitative estimate of drug-likeness (QED) is 0.851. The Balaban J connectivity index is 2.48. The van der Waals surface area contributed by atoms with E-state index in [9.17, 15) is 23.4 Å². The number of benzene rings is 1. The van der Waals surface area contributed by atoms with E-state index in [1.807, 2.05) is 0 Å². The Labute approximate surface area is 129 Å². The number of hydrogen-bond donors (Lipinski definition) is 2. The molecule has 1 aromatic heterocycles. The first-order chi connectivity index (χ1) is 10.4. The molecule has 1 heterocycles. The van der Waals surface area contributed by atoms with Gasteiger partial charge in [-0.3, -0.25) is 0 Å². The zero-order valence-electron chi connectivity index (χ0n) is 11.3. The minimum absolute atomic E-state index is 0.346. The summed E-state index contributed by atoms with van der Waals surface area (Å²) in [4.78, 5) is 0. The fourth-order valence-corrected chi connectivity index (χ4v) is 2.63. The second-order valence-corrected chi connectivity index (χ2v) is 5.43. The monoisotopic (exact) mass is 326 g/mol. The van der Waals surface area contributed by atoms with E-state index in [1.54, 1.807) is 22.9 Å². The van der Waals surface area contributed by atoms with Crippen molar-refractivity contribution in [2.75, 3.05) is 6.61 Å². The van der Waals surface area contributed by atoms with Gasteiger partial charge in [-0.1, -0.05) is 42.2 Å². The normalized spacial score (nSPS) is 15.5. The van der Waals surface area contributed by atoms with E-state index < -0.39 is 24.3 Å². The van der Waals surface area contributed by atoms with Gasteiger partial charge in [0, 0.05) is 10.9 Å². The highest BCUT2D eigenvalue weighted by atomic mass is 32.1. The van der Waals surface area contributed by atoms with Gasteiger partial charge in [-0.15, -0.1) is 0 Å². The maximum Gasteiger partial charge on any atom is 0.422 e. The number of halogens is 3. The van der Waals surface area contributed by atoms with Crippen LogP contribution in [0.2, 0.25) is 0 Å². The summed E-state index contributed by atoms with van der Waals surface area (Å²) in [5, 5.41) is 23.1. The molecule has 2 aromatic rings. The molecule has 0 aliphatic heterocycles. The van der Waals surface area contributed by atoms with Crippen LogP contribution in [0.4, 0.5) is 13.2 Å². The van der Waals surface area contributed by atoms with Crippen molar-refractivity contribution in [3.63, 3.8) is 0 Å². The standard InChI is InChI=1S/C16H13F3O2S/c17-16(18,19)15(21,13-4-2-1-3-5-13)14(10-20)7-6-12-8-9-22-11-12/h1-5,8-9,11,14,20-21H,10H2/t14-,15+/m0/s1. The van der Waals surface area contributed by atoms with Crippen molar-refractivity contribution in [1.29, 1.82) is 0 Å². The first kappa shape index (κ1) is 16.6. The van der Waals surface area contributed by atoms with Crippen LogP contribution in [-0.4, -0.2) is 23.0 Å². The van der Waals surface area contributed by atoms with E-state index in [0.29, 0.717) is 5.56 Å². The van der Waals surface area contributed by atoms with Crippen molar-refractivity contribution in [2.24, 2.45) is 5.92 Å². The van der Waals surface area contributed by atoms with E-state index in [4.69, 9.17) is 0 Å². The van der Waals surface area contributed by atoms with Crippen LogP contribution < -0.4 is 0 Å². The molecule has 0 fully saturated rings. The molecule has 6 heteroatoms. The van der Waals surface area contributed by atoms with Gasteiger partial charge in [0.15, 0.2) is 0 Å². The Morgan fingerprint density at radius 1 is 1.14 bits per heavy atom. The molecule has 0 aliphatic rings. The molecule has 0 spiro atoms. The van der Waals surface area contributed by atoms with Gasteiger partial charge in [0.1, 0.15) is 0 Å². The summed E-state index contributed by atoms with van der Waals surface area (Å²) in [5.41, 5.74) is -3.03. The van der Waals surface area contributed by atoms with Crippen molar-refractivity contribution in [2.45, 2.75) is 11.8 Å². The van der Waals surface area contributed by atoms with Gasteiger partial charge < -0.3 is 10.2 Å². The molecule has 22 heavy (non-hydrogen) atoms. The summed E-state index contributed by atoms with van der Waals surface area (Å²) in [6.45, 7) is -0.915. The van der Waals surface area contributed by atoms with Crippen molar-refractivity contribution >= 4 is 11.3 Å². The predicted molar refractivity (Wildman–Crippen MR) is 78.2 cm³/mol. The van der Waals surface area contributed by atoms with Crippen LogP contribution in [0.15, 0.2) is 47.2 Å². The predicted octanol–water partition coefficient (Wildman–Crippen LogP) is 3.16. The van der Waals surface area contributed by atoms with E-state index >= 15 is 0 Å². The molecular formula is C16H13F3O2S. The van der Waals surface area contributed by atoms with Crippen molar-refractivity contribution < 1.29 is 23.4 Å². The lowest BCUT2D eigenvalue weighted by Gasteiger charge is -2.34. The van der Waals surface area contributed by atoms with Gasteiger partial charge >= 0.3 is 6.18 Å². The fraction of sp³-hybridized carbons (Fsp3) is 0.250. The summed E-state index contributed by atoms with van der Waals surface area (Å²) in [7, 11) is 0. The van der Waals surface area contributed by atoms with Gasteiger partial charge in [0.2, 0.25) is 5.60 Å². The molecule has 0 amide bonds. The molecule has 116 valence electrons. The molecule has 0 saturated heterocycles. The zero-order chi connectivity index (χ0) is 16.2. The Morgan fingerprint density at radius 3 is 2.32 bits per heavy atom. The highest BCUT2D eigenvalue weighted by molar-refractivity contribution is 7.08. The molecular weight excluding hydrogens is 313 g/mol. The Morgan fingerprint density at radius 2 is 1.82 bits per heavy atom. The van der Waals surface area contributed by atoms with Crippen LogP contribution in [0.5, 0.6) is 0 Å². The minimum atomic E-state index is -4.97. The second-order valence-electron chi connectivity index (χ2n) is 4.65. The number of rotatable bonds is 3. The van der Waals surface area contributed by atoms with Crippen molar-refractivity contribution in [3.05, 3.63) is 58.3 Å². The van der Waals surface area contributed by atoms with Crippen LogP contribution in [0, 0.1) is 17.8 Å². The highest BCUT2D eigenvalue weighted by Crippen LogP contribution is 2.44. The lowest BCUT2D eigenvalue weighted by molar-refractivity contribution is -0.282.